The minimum atomic E-state index is 0.296. The first kappa shape index (κ1) is 17.4. The van der Waals surface area contributed by atoms with E-state index in [-0.39, 0.29) is 0 Å². The molecule has 1 aromatic carbocycles. The molecule has 1 heterocycles. The molecule has 0 saturated carbocycles. The third-order valence-electron chi connectivity index (χ3n) is 3.92. The lowest BCUT2D eigenvalue weighted by molar-refractivity contribution is 0.0184. The van der Waals surface area contributed by atoms with Gasteiger partial charge in [0, 0.05) is 31.5 Å². The highest BCUT2D eigenvalue weighted by atomic mass is 16.5. The number of ether oxygens (including phenoxy) is 2. The van der Waals surface area contributed by atoms with Crippen molar-refractivity contribution in [1.29, 1.82) is 0 Å². The molecule has 1 saturated heterocycles. The van der Waals surface area contributed by atoms with Crippen LogP contribution in [-0.4, -0.2) is 33.0 Å². The van der Waals surface area contributed by atoms with E-state index < -0.39 is 0 Å². The third-order valence-corrected chi connectivity index (χ3v) is 3.92. The van der Waals surface area contributed by atoms with Crippen molar-refractivity contribution in [2.24, 2.45) is 5.73 Å². The predicted molar refractivity (Wildman–Crippen MR) is 93.6 cm³/mol. The first-order chi connectivity index (χ1) is 11.2. The number of allylic oxidation sites excluding steroid dienone is 1. The Morgan fingerprint density at radius 2 is 2.13 bits per heavy atom. The Hall–Kier alpha value is -1.96. The molecule has 0 aliphatic carbocycles. The summed E-state index contributed by atoms with van der Waals surface area (Å²) < 4.78 is 10.6. The van der Waals surface area contributed by atoms with Crippen molar-refractivity contribution in [3.63, 3.8) is 0 Å². The largest absolute Gasteiger partial charge is 0.397 e. The minimum Gasteiger partial charge on any atom is -0.397 e. The van der Waals surface area contributed by atoms with Crippen molar-refractivity contribution >= 4 is 5.70 Å². The highest BCUT2D eigenvalue weighted by Gasteiger charge is 2.13. The molecule has 3 N–H and O–H groups in total. The molecule has 4 nitrogen and oxygen atoms in total. The van der Waals surface area contributed by atoms with E-state index in [1.807, 2.05) is 31.2 Å². The number of hydrogen-bond donors (Lipinski definition) is 2. The molecule has 1 aliphatic heterocycles. The van der Waals surface area contributed by atoms with Gasteiger partial charge in [0.2, 0.25) is 0 Å². The fourth-order valence-electron chi connectivity index (χ4n) is 2.49. The second-order valence-electron chi connectivity index (χ2n) is 5.72. The lowest BCUT2D eigenvalue weighted by atomic mass is 10.1. The number of nitrogens with one attached hydrogen (secondary N) is 1. The van der Waals surface area contributed by atoms with E-state index in [1.165, 1.54) is 12.8 Å². The summed E-state index contributed by atoms with van der Waals surface area (Å²) in [6.45, 7) is 4.13. The van der Waals surface area contributed by atoms with Crippen LogP contribution < -0.4 is 11.1 Å². The quantitative estimate of drug-likeness (QED) is 0.820. The molecule has 1 atom stereocenters. The number of rotatable bonds is 5. The van der Waals surface area contributed by atoms with Crippen molar-refractivity contribution < 1.29 is 9.47 Å². The van der Waals surface area contributed by atoms with E-state index in [0.717, 1.165) is 42.1 Å². The zero-order valence-electron chi connectivity index (χ0n) is 14.0. The summed E-state index contributed by atoms with van der Waals surface area (Å²) in [5.74, 6) is 5.98. The minimum absolute atomic E-state index is 0.296. The number of hydrogen-bond acceptors (Lipinski definition) is 4. The van der Waals surface area contributed by atoms with Crippen LogP contribution in [0.15, 0.2) is 30.0 Å². The Morgan fingerprint density at radius 3 is 2.78 bits per heavy atom. The maximum atomic E-state index is 6.25. The molecule has 1 aromatic rings. The van der Waals surface area contributed by atoms with Crippen molar-refractivity contribution in [1.82, 2.24) is 5.32 Å². The van der Waals surface area contributed by atoms with E-state index in [9.17, 15) is 0 Å². The normalized spacial score (nSPS) is 18.6. The van der Waals surface area contributed by atoms with E-state index in [1.54, 1.807) is 7.11 Å². The van der Waals surface area contributed by atoms with Gasteiger partial charge in [0.15, 0.2) is 0 Å². The van der Waals surface area contributed by atoms with Crippen LogP contribution in [0.5, 0.6) is 0 Å². The molecule has 1 fully saturated rings. The molecule has 1 unspecified atom stereocenters. The van der Waals surface area contributed by atoms with Gasteiger partial charge in [-0.25, -0.2) is 0 Å². The van der Waals surface area contributed by atoms with Crippen molar-refractivity contribution in [3.05, 3.63) is 41.1 Å². The van der Waals surface area contributed by atoms with Crippen LogP contribution in [0.25, 0.3) is 5.70 Å². The Morgan fingerprint density at radius 1 is 1.35 bits per heavy atom. The standard InChI is InChI=1S/C19H26N2O2/c1-15(21-14-18-7-3-4-13-23-18)19(20)17-10-8-16(9-11-17)6-5-12-22-2/h8-11,18,21H,3-4,7,12-14,20H2,1-2H3/b19-15-. The van der Waals surface area contributed by atoms with Crippen LogP contribution >= 0.6 is 0 Å². The van der Waals surface area contributed by atoms with Gasteiger partial charge in [-0.15, -0.1) is 0 Å². The Balaban J connectivity index is 1.94. The molecule has 0 amide bonds. The van der Waals surface area contributed by atoms with Gasteiger partial charge >= 0.3 is 0 Å². The fraction of sp³-hybridized carbons (Fsp3) is 0.474. The molecule has 0 radical (unpaired) electrons. The number of methoxy groups -OCH3 is 1. The molecular formula is C19H26N2O2. The van der Waals surface area contributed by atoms with Gasteiger partial charge in [-0.3, -0.25) is 0 Å². The second kappa shape index (κ2) is 9.24. The SMILES string of the molecule is COCC#Cc1ccc(/C(N)=C(\C)NCC2CCCCO2)cc1. The summed E-state index contributed by atoms with van der Waals surface area (Å²) in [4.78, 5) is 0. The van der Waals surface area contributed by atoms with Crippen LogP contribution in [0.1, 0.15) is 37.3 Å². The van der Waals surface area contributed by atoms with Crippen LogP contribution in [0, 0.1) is 11.8 Å². The summed E-state index contributed by atoms with van der Waals surface area (Å²) in [6, 6.07) is 7.94. The first-order valence-corrected chi connectivity index (χ1v) is 8.10. The van der Waals surface area contributed by atoms with Gasteiger partial charge in [-0.1, -0.05) is 24.0 Å². The second-order valence-corrected chi connectivity index (χ2v) is 5.72. The van der Waals surface area contributed by atoms with Crippen LogP contribution in [0.4, 0.5) is 0 Å². The monoisotopic (exact) mass is 314 g/mol. The molecule has 124 valence electrons. The van der Waals surface area contributed by atoms with Gasteiger partial charge in [0.25, 0.3) is 0 Å². The van der Waals surface area contributed by atoms with Crippen LogP contribution in [-0.2, 0) is 9.47 Å². The highest BCUT2D eigenvalue weighted by Crippen LogP contribution is 2.15. The number of benzene rings is 1. The molecule has 1 aliphatic rings. The summed E-state index contributed by atoms with van der Waals surface area (Å²) in [6.07, 6.45) is 3.84. The summed E-state index contributed by atoms with van der Waals surface area (Å²) in [5, 5.41) is 3.39. The first-order valence-electron chi connectivity index (χ1n) is 8.10. The van der Waals surface area contributed by atoms with E-state index >= 15 is 0 Å². The van der Waals surface area contributed by atoms with Gasteiger partial charge in [0.1, 0.15) is 6.61 Å². The maximum absolute atomic E-state index is 6.25. The van der Waals surface area contributed by atoms with Gasteiger partial charge in [-0.05, 0) is 43.9 Å². The topological polar surface area (TPSA) is 56.5 Å². The average Bonchev–Trinajstić information content (AvgIpc) is 2.61. The van der Waals surface area contributed by atoms with E-state index in [2.05, 4.69) is 17.2 Å². The smallest absolute Gasteiger partial charge is 0.107 e. The lowest BCUT2D eigenvalue weighted by Gasteiger charge is -2.23. The fourth-order valence-corrected chi connectivity index (χ4v) is 2.49. The summed E-state index contributed by atoms with van der Waals surface area (Å²) in [7, 11) is 1.64. The van der Waals surface area contributed by atoms with Gasteiger partial charge < -0.3 is 20.5 Å². The van der Waals surface area contributed by atoms with Crippen LogP contribution in [0.3, 0.4) is 0 Å². The zero-order valence-corrected chi connectivity index (χ0v) is 14.0. The Kier molecular flexibility index (Phi) is 6.99. The van der Waals surface area contributed by atoms with Gasteiger partial charge in [0.05, 0.1) is 11.8 Å². The third kappa shape index (κ3) is 5.63. The van der Waals surface area contributed by atoms with Crippen molar-refractivity contribution in [3.8, 4) is 11.8 Å². The molecule has 0 bridgehead atoms. The summed E-state index contributed by atoms with van der Waals surface area (Å²) in [5.41, 5.74) is 9.95. The molecule has 0 spiro atoms. The Labute approximate surface area is 139 Å². The molecule has 0 aromatic heterocycles. The molecule has 4 heteroatoms. The van der Waals surface area contributed by atoms with Crippen molar-refractivity contribution in [2.45, 2.75) is 32.3 Å². The predicted octanol–water partition coefficient (Wildman–Crippen LogP) is 2.49. The Bertz CT molecular complexity index is 576. The lowest BCUT2D eigenvalue weighted by Crippen LogP contribution is -2.31. The van der Waals surface area contributed by atoms with Crippen molar-refractivity contribution in [2.75, 3.05) is 26.9 Å². The molecule has 2 rings (SSSR count). The zero-order chi connectivity index (χ0) is 16.5. The van der Waals surface area contributed by atoms with Crippen LogP contribution in [0.2, 0.25) is 0 Å². The summed E-state index contributed by atoms with van der Waals surface area (Å²) >= 11 is 0. The van der Waals surface area contributed by atoms with E-state index in [4.69, 9.17) is 15.2 Å². The molecule has 23 heavy (non-hydrogen) atoms. The average molecular weight is 314 g/mol. The maximum Gasteiger partial charge on any atom is 0.107 e. The highest BCUT2D eigenvalue weighted by molar-refractivity contribution is 5.65. The van der Waals surface area contributed by atoms with E-state index in [0.29, 0.717) is 12.7 Å². The number of nitrogens with two attached hydrogens (primary N) is 1. The van der Waals surface area contributed by atoms with Gasteiger partial charge in [-0.2, -0.15) is 0 Å². The molecular weight excluding hydrogens is 288 g/mol.